The highest BCUT2D eigenvalue weighted by atomic mass is 16.3. The Morgan fingerprint density at radius 1 is 1.02 bits per heavy atom. The number of hydrogen-bond acceptors (Lipinski definition) is 6. The number of hydrogen-bond donors (Lipinski definition) is 4. The third kappa shape index (κ3) is 7.26. The van der Waals surface area contributed by atoms with E-state index in [-0.39, 0.29) is 48.0 Å². The molecule has 0 aromatic rings. The monoisotopic (exact) mass is 572 g/mol. The molecule has 1 aliphatic heterocycles. The lowest BCUT2D eigenvalue weighted by atomic mass is 9.82. The van der Waals surface area contributed by atoms with E-state index in [1.54, 1.807) is 24.8 Å². The third-order valence-corrected chi connectivity index (χ3v) is 9.27. The van der Waals surface area contributed by atoms with Crippen molar-refractivity contribution in [2.45, 2.75) is 96.9 Å². The number of piperidine rings is 1. The number of allylic oxidation sites excluding steroid dienone is 1. The van der Waals surface area contributed by atoms with Gasteiger partial charge in [0.15, 0.2) is 0 Å². The van der Waals surface area contributed by atoms with Gasteiger partial charge in [-0.3, -0.25) is 24.0 Å². The van der Waals surface area contributed by atoms with Gasteiger partial charge in [-0.2, -0.15) is 0 Å². The van der Waals surface area contributed by atoms with Crippen molar-refractivity contribution in [1.29, 1.82) is 0 Å². The molecule has 3 aliphatic rings. The van der Waals surface area contributed by atoms with Crippen LogP contribution in [0.2, 0.25) is 0 Å². The zero-order valence-electron chi connectivity index (χ0n) is 25.0. The van der Waals surface area contributed by atoms with Gasteiger partial charge in [-0.25, -0.2) is 0 Å². The zero-order valence-corrected chi connectivity index (χ0v) is 25.0. The molecule has 0 aromatic heterocycles. The average molecular weight is 573 g/mol. The van der Waals surface area contributed by atoms with Crippen LogP contribution in [0.5, 0.6) is 0 Å². The Kier molecular flexibility index (Phi) is 10.9. The molecule has 41 heavy (non-hydrogen) atoms. The van der Waals surface area contributed by atoms with Crippen molar-refractivity contribution < 1.29 is 29.1 Å². The van der Waals surface area contributed by atoms with E-state index in [0.29, 0.717) is 13.0 Å². The van der Waals surface area contributed by atoms with Crippen LogP contribution in [0, 0.1) is 29.1 Å². The smallest absolute Gasteiger partial charge is 0.289 e. The molecule has 6 atom stereocenters. The van der Waals surface area contributed by atoms with Crippen molar-refractivity contribution in [1.82, 2.24) is 20.9 Å². The first-order chi connectivity index (χ1) is 19.4. The molecule has 2 aliphatic carbocycles. The number of rotatable bonds is 14. The van der Waals surface area contributed by atoms with E-state index in [0.717, 1.165) is 32.1 Å². The quantitative estimate of drug-likeness (QED) is 0.185. The fourth-order valence-corrected chi connectivity index (χ4v) is 6.60. The van der Waals surface area contributed by atoms with Crippen molar-refractivity contribution >= 4 is 29.4 Å². The number of likely N-dealkylation sites (tertiary alicyclic amines) is 1. The highest BCUT2D eigenvalue weighted by Crippen LogP contribution is 2.65. The van der Waals surface area contributed by atoms with Crippen LogP contribution >= 0.6 is 0 Å². The molecule has 3 unspecified atom stereocenters. The van der Waals surface area contributed by atoms with Gasteiger partial charge >= 0.3 is 0 Å². The maximum Gasteiger partial charge on any atom is 0.289 e. The molecule has 10 heteroatoms. The van der Waals surface area contributed by atoms with Crippen LogP contribution in [0.25, 0.3) is 0 Å². The lowest BCUT2D eigenvalue weighted by molar-refractivity contribution is -0.147. The maximum atomic E-state index is 14.2. The molecule has 228 valence electrons. The SMILES string of the molecule is C=CCC[C@H](NC(=O)[C@@H]1C2C(CN1C(=O)[C@@H](NC(=O)C(O)C(C)C)C1CCCCC1)C2(C)C)C(=O)C(=O)NCC=C. The minimum absolute atomic E-state index is 0.0938. The second-order valence-corrected chi connectivity index (χ2v) is 12.8. The molecule has 0 bridgehead atoms. The highest BCUT2D eigenvalue weighted by molar-refractivity contribution is 6.38. The van der Waals surface area contributed by atoms with Crippen LogP contribution in [0.4, 0.5) is 0 Å². The second-order valence-electron chi connectivity index (χ2n) is 12.8. The Morgan fingerprint density at radius 2 is 1.68 bits per heavy atom. The number of carbonyl (C=O) groups is 5. The van der Waals surface area contributed by atoms with Crippen molar-refractivity contribution in [3.63, 3.8) is 0 Å². The van der Waals surface area contributed by atoms with Crippen molar-refractivity contribution in [2.24, 2.45) is 29.1 Å². The minimum atomic E-state index is -1.25. The Bertz CT molecular complexity index is 1030. The first kappa shape index (κ1) is 32.5. The Hall–Kier alpha value is -3.01. The molecular weight excluding hydrogens is 524 g/mol. The van der Waals surface area contributed by atoms with Gasteiger partial charge in [-0.05, 0) is 54.8 Å². The molecule has 10 nitrogen and oxygen atoms in total. The summed E-state index contributed by atoms with van der Waals surface area (Å²) in [4.78, 5) is 67.9. The number of carbonyl (C=O) groups excluding carboxylic acids is 5. The number of nitrogens with zero attached hydrogens (tertiary/aromatic N) is 1. The van der Waals surface area contributed by atoms with Gasteiger partial charge in [0.1, 0.15) is 18.2 Å². The van der Waals surface area contributed by atoms with E-state index in [4.69, 9.17) is 0 Å². The summed E-state index contributed by atoms with van der Waals surface area (Å²) in [7, 11) is 0. The summed E-state index contributed by atoms with van der Waals surface area (Å²) in [6.45, 7) is 15.3. The fraction of sp³-hybridized carbons (Fsp3) is 0.710. The highest BCUT2D eigenvalue weighted by Gasteiger charge is 2.69. The van der Waals surface area contributed by atoms with Crippen LogP contribution in [0.3, 0.4) is 0 Å². The van der Waals surface area contributed by atoms with Gasteiger partial charge in [-0.1, -0.05) is 59.1 Å². The number of aliphatic hydroxyl groups is 1. The van der Waals surface area contributed by atoms with E-state index < -0.39 is 47.7 Å². The number of Topliss-reactive ketones (excluding diaryl/α,β-unsaturated/α-hetero) is 1. The lowest BCUT2D eigenvalue weighted by Crippen LogP contribution is -2.60. The molecule has 4 amide bonds. The fourth-order valence-electron chi connectivity index (χ4n) is 6.60. The van der Waals surface area contributed by atoms with Gasteiger partial charge in [0, 0.05) is 13.1 Å². The number of fused-ring (bicyclic) bond motifs is 1. The molecule has 2 saturated carbocycles. The van der Waals surface area contributed by atoms with E-state index in [9.17, 15) is 29.1 Å². The van der Waals surface area contributed by atoms with Gasteiger partial charge in [0.2, 0.25) is 23.5 Å². The Morgan fingerprint density at radius 3 is 2.27 bits per heavy atom. The van der Waals surface area contributed by atoms with E-state index in [1.807, 2.05) is 0 Å². The molecular formula is C31H48N4O6. The summed E-state index contributed by atoms with van der Waals surface area (Å²) in [6.07, 6.45) is 6.93. The first-order valence-electron chi connectivity index (χ1n) is 15.0. The zero-order chi connectivity index (χ0) is 30.5. The van der Waals surface area contributed by atoms with Crippen LogP contribution in [0.15, 0.2) is 25.3 Å². The number of amides is 4. The predicted molar refractivity (Wildman–Crippen MR) is 155 cm³/mol. The minimum Gasteiger partial charge on any atom is -0.383 e. The van der Waals surface area contributed by atoms with Crippen LogP contribution in [-0.2, 0) is 24.0 Å². The average Bonchev–Trinajstić information content (AvgIpc) is 3.26. The van der Waals surface area contributed by atoms with Crippen LogP contribution in [-0.4, -0.2) is 76.7 Å². The molecule has 1 heterocycles. The van der Waals surface area contributed by atoms with Crippen LogP contribution in [0.1, 0.15) is 72.6 Å². The largest absolute Gasteiger partial charge is 0.383 e. The Balaban J connectivity index is 1.86. The molecule has 3 rings (SSSR count). The first-order valence-corrected chi connectivity index (χ1v) is 15.0. The van der Waals surface area contributed by atoms with E-state index in [2.05, 4.69) is 43.0 Å². The van der Waals surface area contributed by atoms with E-state index in [1.165, 1.54) is 6.08 Å². The summed E-state index contributed by atoms with van der Waals surface area (Å²) in [5, 5.41) is 18.5. The summed E-state index contributed by atoms with van der Waals surface area (Å²) >= 11 is 0. The molecule has 3 fully saturated rings. The second kappa shape index (κ2) is 13.8. The predicted octanol–water partition coefficient (Wildman–Crippen LogP) is 1.87. The van der Waals surface area contributed by atoms with Gasteiger partial charge in [-0.15, -0.1) is 13.2 Å². The number of aliphatic hydroxyl groups excluding tert-OH is 1. The molecule has 1 saturated heterocycles. The normalized spacial score (nSPS) is 25.3. The van der Waals surface area contributed by atoms with E-state index >= 15 is 0 Å². The third-order valence-electron chi connectivity index (χ3n) is 9.27. The van der Waals surface area contributed by atoms with Gasteiger partial charge in [0.25, 0.3) is 5.91 Å². The number of nitrogens with one attached hydrogen (secondary N) is 3. The van der Waals surface area contributed by atoms with Crippen molar-refractivity contribution in [3.05, 3.63) is 25.3 Å². The number of ketones is 1. The molecule has 0 aromatic carbocycles. The maximum absolute atomic E-state index is 14.2. The van der Waals surface area contributed by atoms with Crippen molar-refractivity contribution in [2.75, 3.05) is 13.1 Å². The summed E-state index contributed by atoms with van der Waals surface area (Å²) < 4.78 is 0. The summed E-state index contributed by atoms with van der Waals surface area (Å²) in [5.41, 5.74) is -0.168. The lowest BCUT2D eigenvalue weighted by Gasteiger charge is -2.37. The van der Waals surface area contributed by atoms with Gasteiger partial charge < -0.3 is 26.0 Å². The summed E-state index contributed by atoms with van der Waals surface area (Å²) in [6, 6.07) is -2.76. The van der Waals surface area contributed by atoms with Crippen LogP contribution < -0.4 is 16.0 Å². The van der Waals surface area contributed by atoms with Crippen molar-refractivity contribution in [3.8, 4) is 0 Å². The molecule has 0 radical (unpaired) electrons. The summed E-state index contributed by atoms with van der Waals surface area (Å²) in [5.74, 6) is -3.40. The molecule has 0 spiro atoms. The molecule has 4 N–H and O–H groups in total. The van der Waals surface area contributed by atoms with Gasteiger partial charge in [0.05, 0.1) is 6.04 Å². The topological polar surface area (TPSA) is 145 Å². The Labute approximate surface area is 243 Å². The standard InChI is InChI=1S/C31H48N4O6/c1-7-9-15-21(26(37)28(39)32-16-8-2)33-27(38)24-22-20(31(22,5)6)17-35(24)30(41)23(19-13-11-10-12-14-19)34-29(40)25(36)18(3)4/h7-8,18-25,36H,1-2,9-17H2,3-6H3,(H,32,39)(H,33,38)(H,34,40)/t20?,21-,22?,23-,24-,25?/m0/s1.